The minimum atomic E-state index is -2.24. The summed E-state index contributed by atoms with van der Waals surface area (Å²) in [6.45, 7) is 7.98. The molecule has 9 atom stereocenters. The van der Waals surface area contributed by atoms with Crippen molar-refractivity contribution in [1.82, 2.24) is 0 Å². The summed E-state index contributed by atoms with van der Waals surface area (Å²) in [5, 5.41) is 43.8. The van der Waals surface area contributed by atoms with E-state index < -0.39 is 46.1 Å². The first-order valence-electron chi connectivity index (χ1n) is 15.4. The number of hydrogen-bond acceptors (Lipinski definition) is 8. The predicted octanol–water partition coefficient (Wildman–Crippen LogP) is 4.33. The minimum absolute atomic E-state index is 0.198. The number of aliphatic hydroxyl groups is 4. The smallest absolute Gasteiger partial charge is 0.293 e. The average Bonchev–Trinajstić information content (AvgIpc) is 3.40. The Morgan fingerprint density at radius 2 is 1.71 bits per heavy atom. The van der Waals surface area contributed by atoms with Gasteiger partial charge in [0.1, 0.15) is 30.0 Å². The second-order valence-corrected chi connectivity index (χ2v) is 13.2. The zero-order chi connectivity index (χ0) is 30.1. The maximum atomic E-state index is 14.6. The standard InChI is InChI=1S/C33H48O8/c1-5-6-7-8-9-10-11-12-13-14-30(4)26-25-17-24(20-40-16-15-34)28(37)33(39)27(36)22(2)18-31(33,29(25)38)23(3)19-32(26,30)41-21-35/h17-18,21,23,25-28,34,36-37,39H,5-14,19-20H2,1-4H3/t23-,25-,26?,27+,28-,30-,31+,32+,33-/m1/s1. The van der Waals surface area contributed by atoms with Gasteiger partial charge in [0.05, 0.1) is 5.41 Å². The number of carbonyl (C=O) groups excluding carboxylic acids is 2. The van der Waals surface area contributed by atoms with Crippen LogP contribution in [0.2, 0.25) is 0 Å². The summed E-state index contributed by atoms with van der Waals surface area (Å²) in [7, 11) is 0. The summed E-state index contributed by atoms with van der Waals surface area (Å²) < 4.78 is 11.2. The van der Waals surface area contributed by atoms with Crippen LogP contribution in [-0.2, 0) is 19.1 Å². The van der Waals surface area contributed by atoms with Crippen molar-refractivity contribution in [3.8, 4) is 12.2 Å². The van der Waals surface area contributed by atoms with Gasteiger partial charge < -0.3 is 29.9 Å². The largest absolute Gasteiger partial charge is 0.460 e. The van der Waals surface area contributed by atoms with E-state index in [-0.39, 0.29) is 23.9 Å². The number of ketones is 1. The number of allylic oxidation sites excluding steroid dienone is 1. The fourth-order valence-corrected chi connectivity index (χ4v) is 8.97. The first-order chi connectivity index (χ1) is 19.5. The average molecular weight is 573 g/mol. The molecule has 0 aromatic carbocycles. The van der Waals surface area contributed by atoms with E-state index in [1.54, 1.807) is 25.2 Å². The first-order valence-corrected chi connectivity index (χ1v) is 15.4. The molecule has 8 heteroatoms. The molecule has 4 aliphatic carbocycles. The van der Waals surface area contributed by atoms with Crippen molar-refractivity contribution in [2.75, 3.05) is 6.61 Å². The second-order valence-electron chi connectivity index (χ2n) is 13.2. The van der Waals surface area contributed by atoms with Crippen LogP contribution in [0.4, 0.5) is 0 Å². The Morgan fingerprint density at radius 1 is 1.07 bits per heavy atom. The Kier molecular flexibility index (Phi) is 9.33. The highest BCUT2D eigenvalue weighted by molar-refractivity contribution is 5.95. The van der Waals surface area contributed by atoms with Gasteiger partial charge in [-0.15, -0.1) is 0 Å². The summed E-state index contributed by atoms with van der Waals surface area (Å²) in [6, 6.07) is 0. The number of rotatable bonds is 14. The Morgan fingerprint density at radius 3 is 2.32 bits per heavy atom. The van der Waals surface area contributed by atoms with Crippen LogP contribution in [0.25, 0.3) is 0 Å². The fourth-order valence-electron chi connectivity index (χ4n) is 8.97. The molecule has 0 heterocycles. The lowest BCUT2D eigenvalue weighted by Gasteiger charge is -2.48. The molecule has 0 aliphatic heterocycles. The van der Waals surface area contributed by atoms with Crippen LogP contribution in [0.15, 0.2) is 23.3 Å². The van der Waals surface area contributed by atoms with Gasteiger partial charge in [0.2, 0.25) is 0 Å². The number of carbonyl (C=O) groups is 2. The lowest BCUT2D eigenvalue weighted by atomic mass is 9.58. The lowest BCUT2D eigenvalue weighted by molar-refractivity contribution is -0.191. The zero-order valence-corrected chi connectivity index (χ0v) is 25.0. The van der Waals surface area contributed by atoms with Gasteiger partial charge in [-0.3, -0.25) is 9.59 Å². The third kappa shape index (κ3) is 4.73. The summed E-state index contributed by atoms with van der Waals surface area (Å²) in [5.74, 6) is -1.99. The van der Waals surface area contributed by atoms with E-state index in [1.165, 1.54) is 38.5 Å². The Labute approximate surface area is 244 Å². The van der Waals surface area contributed by atoms with Gasteiger partial charge in [-0.25, -0.2) is 0 Å². The van der Waals surface area contributed by atoms with Crippen LogP contribution >= 0.6 is 0 Å². The van der Waals surface area contributed by atoms with E-state index in [2.05, 4.69) is 20.0 Å². The number of ether oxygens (including phenoxy) is 2. The molecule has 1 unspecified atom stereocenters. The molecule has 2 saturated carbocycles. The van der Waals surface area contributed by atoms with Crippen LogP contribution in [0.3, 0.4) is 0 Å². The molecule has 0 saturated heterocycles. The van der Waals surface area contributed by atoms with Gasteiger partial charge in [0.25, 0.3) is 6.47 Å². The number of unbranched alkanes of at least 4 members (excludes halogenated alkanes) is 8. The van der Waals surface area contributed by atoms with Crippen molar-refractivity contribution in [3.05, 3.63) is 23.3 Å². The fraction of sp³-hybridized carbons (Fsp3) is 0.758. The van der Waals surface area contributed by atoms with Gasteiger partial charge in [-0.2, -0.15) is 0 Å². The summed E-state index contributed by atoms with van der Waals surface area (Å²) in [6.07, 6.45) is 15.7. The maximum absolute atomic E-state index is 14.6. The summed E-state index contributed by atoms with van der Waals surface area (Å²) in [5.41, 5.74) is -4.61. The van der Waals surface area contributed by atoms with E-state index in [1.807, 2.05) is 6.92 Å². The van der Waals surface area contributed by atoms with Gasteiger partial charge in [0.15, 0.2) is 18.0 Å². The Bertz CT molecular complexity index is 1120. The second kappa shape index (κ2) is 12.1. The molecule has 0 aromatic heterocycles. The molecule has 0 aromatic rings. The number of hydrogen-bond donors (Lipinski definition) is 4. The zero-order valence-electron chi connectivity index (χ0n) is 25.0. The highest BCUT2D eigenvalue weighted by Gasteiger charge is 2.83. The van der Waals surface area contributed by atoms with Crippen LogP contribution < -0.4 is 0 Å². The van der Waals surface area contributed by atoms with E-state index in [9.17, 15) is 24.9 Å². The first kappa shape index (κ1) is 31.6. The molecule has 41 heavy (non-hydrogen) atoms. The van der Waals surface area contributed by atoms with Gasteiger partial charge in [-0.05, 0) is 36.8 Å². The molecule has 4 rings (SSSR count). The summed E-state index contributed by atoms with van der Waals surface area (Å²) >= 11 is 0. The molecule has 4 N–H and O–H groups in total. The highest BCUT2D eigenvalue weighted by atomic mass is 16.5. The van der Waals surface area contributed by atoms with Gasteiger partial charge in [0, 0.05) is 17.3 Å². The SMILES string of the molecule is CCCCCCCCCCC[C@]1(C)C2[C@H]3C=C(COC#CO)[C@@H](O)[C@]4(O)[C@@H](O)C(C)=C[C@@]4(C3=O)[C@H](C)C[C@]21OC=O. The number of Topliss-reactive ketones (excluding diaryl/α,β-unsaturated/α-hetero) is 1. The minimum Gasteiger partial charge on any atom is -0.460 e. The van der Waals surface area contributed by atoms with Crippen molar-refractivity contribution in [2.24, 2.45) is 28.6 Å². The normalized spacial score (nSPS) is 40.6. The van der Waals surface area contributed by atoms with E-state index in [0.29, 0.717) is 18.5 Å². The highest BCUT2D eigenvalue weighted by Crippen LogP contribution is 2.76. The monoisotopic (exact) mass is 572 g/mol. The van der Waals surface area contributed by atoms with Gasteiger partial charge in [-0.1, -0.05) is 90.7 Å². The van der Waals surface area contributed by atoms with Crippen LogP contribution in [0, 0.1) is 40.8 Å². The molecule has 0 amide bonds. The van der Waals surface area contributed by atoms with Crippen molar-refractivity contribution in [3.63, 3.8) is 0 Å². The van der Waals surface area contributed by atoms with E-state index in [0.717, 1.165) is 25.7 Å². The van der Waals surface area contributed by atoms with Crippen LogP contribution in [-0.4, -0.2) is 62.7 Å². The van der Waals surface area contributed by atoms with Crippen LogP contribution in [0.5, 0.6) is 0 Å². The third-order valence-electron chi connectivity index (χ3n) is 11.1. The van der Waals surface area contributed by atoms with E-state index >= 15 is 0 Å². The molecule has 1 spiro atoms. The van der Waals surface area contributed by atoms with Crippen molar-refractivity contribution in [1.29, 1.82) is 0 Å². The maximum Gasteiger partial charge on any atom is 0.293 e. The van der Waals surface area contributed by atoms with Crippen molar-refractivity contribution >= 4 is 12.3 Å². The number of fused-ring (bicyclic) bond motifs is 3. The third-order valence-corrected chi connectivity index (χ3v) is 11.1. The predicted molar refractivity (Wildman–Crippen MR) is 152 cm³/mol. The topological polar surface area (TPSA) is 134 Å². The van der Waals surface area contributed by atoms with Crippen molar-refractivity contribution in [2.45, 2.75) is 122 Å². The van der Waals surface area contributed by atoms with Crippen molar-refractivity contribution < 1.29 is 39.5 Å². The quantitative estimate of drug-likeness (QED) is 0.105. The number of aliphatic hydroxyl groups excluding tert-OH is 3. The molecule has 8 nitrogen and oxygen atoms in total. The van der Waals surface area contributed by atoms with Gasteiger partial charge >= 0.3 is 0 Å². The molecular formula is C33H48O8. The summed E-state index contributed by atoms with van der Waals surface area (Å²) in [4.78, 5) is 26.6. The molecule has 0 radical (unpaired) electrons. The van der Waals surface area contributed by atoms with Crippen LogP contribution in [0.1, 0.15) is 98.3 Å². The Hall–Kier alpha value is -2.34. The molecular weight excluding hydrogens is 524 g/mol. The van der Waals surface area contributed by atoms with E-state index in [4.69, 9.17) is 14.6 Å². The molecule has 4 aliphatic rings. The Balaban J connectivity index is 1.65. The molecule has 2 fully saturated rings. The lowest BCUT2D eigenvalue weighted by Crippen LogP contribution is -2.65. The molecule has 228 valence electrons. The molecule has 2 bridgehead atoms.